The van der Waals surface area contributed by atoms with Gasteiger partial charge in [-0.1, -0.05) is 6.07 Å². The molecule has 0 N–H and O–H groups in total. The predicted octanol–water partition coefficient (Wildman–Crippen LogP) is 2.02. The molecular formula is C24H30N4O3. The van der Waals surface area contributed by atoms with Crippen LogP contribution in [-0.4, -0.2) is 90.5 Å². The van der Waals surface area contributed by atoms with E-state index in [0.29, 0.717) is 26.3 Å². The normalized spacial score (nSPS) is 24.1. The third-order valence-electron chi connectivity index (χ3n) is 7.31. The van der Waals surface area contributed by atoms with Crippen LogP contribution in [0.2, 0.25) is 0 Å². The van der Waals surface area contributed by atoms with Crippen LogP contribution in [0.3, 0.4) is 0 Å². The van der Waals surface area contributed by atoms with E-state index in [4.69, 9.17) is 4.74 Å². The molecule has 31 heavy (non-hydrogen) atoms. The van der Waals surface area contributed by atoms with E-state index >= 15 is 0 Å². The van der Waals surface area contributed by atoms with Gasteiger partial charge in [-0.05, 0) is 56.0 Å². The summed E-state index contributed by atoms with van der Waals surface area (Å²) in [6.07, 6.45) is 4.56. The van der Waals surface area contributed by atoms with Gasteiger partial charge in [0.05, 0.1) is 24.8 Å². The van der Waals surface area contributed by atoms with Crippen LogP contribution in [0.5, 0.6) is 0 Å². The summed E-state index contributed by atoms with van der Waals surface area (Å²) in [4.78, 5) is 36.7. The van der Waals surface area contributed by atoms with Crippen LogP contribution in [0.25, 0.3) is 10.9 Å². The molecule has 3 saturated heterocycles. The van der Waals surface area contributed by atoms with Crippen molar-refractivity contribution in [2.45, 2.75) is 25.3 Å². The van der Waals surface area contributed by atoms with E-state index in [0.717, 1.165) is 55.4 Å². The topological polar surface area (TPSA) is 66.0 Å². The fourth-order valence-corrected chi connectivity index (χ4v) is 5.48. The van der Waals surface area contributed by atoms with Crippen LogP contribution in [0.4, 0.5) is 0 Å². The molecule has 0 bridgehead atoms. The van der Waals surface area contributed by atoms with Crippen molar-refractivity contribution in [3.05, 3.63) is 42.1 Å². The number of likely N-dealkylation sites (tertiary alicyclic amines) is 2. The molecule has 2 amide bonds. The lowest BCUT2D eigenvalue weighted by Gasteiger charge is -2.39. The SMILES string of the molecule is CN1CC2(CCN(C(=O)c3ccc4ncccc4c3)CC2)CC1C(=O)N1CCOCC1. The van der Waals surface area contributed by atoms with E-state index in [1.807, 2.05) is 40.1 Å². The number of carbonyl (C=O) groups excluding carboxylic acids is 2. The van der Waals surface area contributed by atoms with Gasteiger partial charge in [0.2, 0.25) is 5.91 Å². The Kier molecular flexibility index (Phi) is 5.40. The maximum atomic E-state index is 13.1. The van der Waals surface area contributed by atoms with Gasteiger partial charge in [-0.2, -0.15) is 0 Å². The first-order valence-corrected chi connectivity index (χ1v) is 11.3. The highest BCUT2D eigenvalue weighted by Gasteiger charge is 2.48. The first-order chi connectivity index (χ1) is 15.0. The van der Waals surface area contributed by atoms with Crippen LogP contribution >= 0.6 is 0 Å². The van der Waals surface area contributed by atoms with Gasteiger partial charge in [-0.15, -0.1) is 0 Å². The van der Waals surface area contributed by atoms with Crippen LogP contribution in [0, 0.1) is 5.41 Å². The molecule has 0 aliphatic carbocycles. The van der Waals surface area contributed by atoms with Gasteiger partial charge in [-0.3, -0.25) is 19.5 Å². The summed E-state index contributed by atoms with van der Waals surface area (Å²) in [6.45, 7) is 5.08. The lowest BCUT2D eigenvalue weighted by Crippen LogP contribution is -2.48. The molecule has 1 unspecified atom stereocenters. The molecule has 0 radical (unpaired) electrons. The average molecular weight is 423 g/mol. The van der Waals surface area contributed by atoms with Crippen molar-refractivity contribution in [1.82, 2.24) is 19.7 Å². The van der Waals surface area contributed by atoms with Gasteiger partial charge in [-0.25, -0.2) is 0 Å². The summed E-state index contributed by atoms with van der Waals surface area (Å²) in [7, 11) is 2.07. The maximum absolute atomic E-state index is 13.1. The van der Waals surface area contributed by atoms with E-state index in [-0.39, 0.29) is 23.3 Å². The fourth-order valence-electron chi connectivity index (χ4n) is 5.48. The molecular weight excluding hydrogens is 392 g/mol. The first-order valence-electron chi connectivity index (χ1n) is 11.3. The Hall–Kier alpha value is -2.51. The monoisotopic (exact) mass is 422 g/mol. The van der Waals surface area contributed by atoms with Crippen molar-refractivity contribution in [2.24, 2.45) is 5.41 Å². The summed E-state index contributed by atoms with van der Waals surface area (Å²) < 4.78 is 5.40. The predicted molar refractivity (Wildman–Crippen MR) is 118 cm³/mol. The smallest absolute Gasteiger partial charge is 0.253 e. The van der Waals surface area contributed by atoms with Gasteiger partial charge in [0.1, 0.15) is 0 Å². The number of rotatable bonds is 2. The molecule has 0 saturated carbocycles. The Morgan fingerprint density at radius 1 is 1.06 bits per heavy atom. The molecule has 3 aliphatic rings. The fraction of sp³-hybridized carbons (Fsp3) is 0.542. The molecule has 7 heteroatoms. The highest BCUT2D eigenvalue weighted by atomic mass is 16.5. The molecule has 2 aromatic rings. The minimum Gasteiger partial charge on any atom is -0.378 e. The lowest BCUT2D eigenvalue weighted by molar-refractivity contribution is -0.139. The highest BCUT2D eigenvalue weighted by molar-refractivity contribution is 5.98. The number of amides is 2. The Morgan fingerprint density at radius 2 is 1.84 bits per heavy atom. The molecule has 1 aromatic carbocycles. The summed E-state index contributed by atoms with van der Waals surface area (Å²) in [5.41, 5.74) is 1.76. The average Bonchev–Trinajstić information content (AvgIpc) is 3.14. The zero-order valence-corrected chi connectivity index (χ0v) is 18.1. The van der Waals surface area contributed by atoms with Crippen molar-refractivity contribution in [3.8, 4) is 0 Å². The van der Waals surface area contributed by atoms with E-state index < -0.39 is 0 Å². The van der Waals surface area contributed by atoms with Crippen molar-refractivity contribution in [3.63, 3.8) is 0 Å². The van der Waals surface area contributed by atoms with Gasteiger partial charge in [0, 0.05) is 49.9 Å². The number of piperidine rings is 1. The van der Waals surface area contributed by atoms with Crippen molar-refractivity contribution in [2.75, 3.05) is 53.0 Å². The summed E-state index contributed by atoms with van der Waals surface area (Å²) in [5, 5.41) is 0.990. The van der Waals surface area contributed by atoms with Gasteiger partial charge >= 0.3 is 0 Å². The second kappa shape index (κ2) is 8.20. The third-order valence-corrected chi connectivity index (χ3v) is 7.31. The molecule has 164 valence electrons. The van der Waals surface area contributed by atoms with Crippen LogP contribution in [0.15, 0.2) is 36.5 Å². The molecule has 1 atom stereocenters. The number of likely N-dealkylation sites (N-methyl/N-ethyl adjacent to an activating group) is 1. The van der Waals surface area contributed by atoms with E-state index in [1.54, 1.807) is 6.20 Å². The quantitative estimate of drug-likeness (QED) is 0.741. The molecule has 5 rings (SSSR count). The minimum atomic E-state index is -0.0478. The van der Waals surface area contributed by atoms with Crippen molar-refractivity contribution >= 4 is 22.7 Å². The van der Waals surface area contributed by atoms with Gasteiger partial charge in [0.15, 0.2) is 0 Å². The van der Waals surface area contributed by atoms with Crippen LogP contribution in [0.1, 0.15) is 29.6 Å². The Labute approximate surface area is 183 Å². The molecule has 7 nitrogen and oxygen atoms in total. The first kappa shape index (κ1) is 20.4. The number of carbonyl (C=O) groups is 2. The number of pyridine rings is 1. The van der Waals surface area contributed by atoms with Crippen molar-refractivity contribution in [1.29, 1.82) is 0 Å². The van der Waals surface area contributed by atoms with Crippen LogP contribution < -0.4 is 0 Å². The summed E-state index contributed by atoms with van der Waals surface area (Å²) in [5.74, 6) is 0.332. The zero-order chi connectivity index (χ0) is 21.4. The number of fused-ring (bicyclic) bond motifs is 1. The second-order valence-electron chi connectivity index (χ2n) is 9.28. The molecule has 3 fully saturated rings. The molecule has 4 heterocycles. The number of morpholine rings is 1. The minimum absolute atomic E-state index is 0.0478. The van der Waals surface area contributed by atoms with Gasteiger partial charge < -0.3 is 14.5 Å². The standard InChI is InChI=1S/C24H30N4O3/c1-26-17-24(16-21(26)23(30)28-11-13-31-14-12-28)6-9-27(10-7-24)22(29)19-4-5-20-18(15-19)3-2-8-25-20/h2-5,8,15,21H,6-7,9-14,16-17H2,1H3. The number of ether oxygens (including phenoxy) is 1. The number of aromatic nitrogens is 1. The number of hydrogen-bond acceptors (Lipinski definition) is 5. The molecule has 3 aliphatic heterocycles. The highest BCUT2D eigenvalue weighted by Crippen LogP contribution is 2.43. The largest absolute Gasteiger partial charge is 0.378 e. The maximum Gasteiger partial charge on any atom is 0.253 e. The zero-order valence-electron chi connectivity index (χ0n) is 18.1. The van der Waals surface area contributed by atoms with E-state index in [9.17, 15) is 9.59 Å². The Balaban J connectivity index is 1.23. The Morgan fingerprint density at radius 3 is 2.61 bits per heavy atom. The number of nitrogens with zero attached hydrogens (tertiary/aromatic N) is 4. The van der Waals surface area contributed by atoms with Crippen LogP contribution in [-0.2, 0) is 9.53 Å². The molecule has 1 spiro atoms. The summed E-state index contributed by atoms with van der Waals surface area (Å²) in [6, 6.07) is 9.57. The third kappa shape index (κ3) is 3.92. The molecule has 1 aromatic heterocycles. The number of hydrogen-bond donors (Lipinski definition) is 0. The number of benzene rings is 1. The Bertz CT molecular complexity index is 980. The lowest BCUT2D eigenvalue weighted by atomic mass is 9.76. The van der Waals surface area contributed by atoms with E-state index in [2.05, 4.69) is 16.9 Å². The van der Waals surface area contributed by atoms with Gasteiger partial charge in [0.25, 0.3) is 5.91 Å². The van der Waals surface area contributed by atoms with E-state index in [1.165, 1.54) is 0 Å². The summed E-state index contributed by atoms with van der Waals surface area (Å²) >= 11 is 0. The van der Waals surface area contributed by atoms with Crippen molar-refractivity contribution < 1.29 is 14.3 Å². The second-order valence-corrected chi connectivity index (χ2v) is 9.28.